The minimum Gasteiger partial charge on any atom is -0.394 e. The number of nitrogens with one attached hydrogen (secondary N) is 2. The molecule has 0 saturated heterocycles. The second-order valence-electron chi connectivity index (χ2n) is 5.74. The summed E-state index contributed by atoms with van der Waals surface area (Å²) in [6, 6.07) is 2.06. The lowest BCUT2D eigenvalue weighted by Gasteiger charge is -2.39. The van der Waals surface area contributed by atoms with Crippen molar-refractivity contribution >= 4 is 11.4 Å². The molecule has 0 atom stereocenters. The molecule has 1 aromatic rings. The molecule has 0 aromatic carbocycles. The van der Waals surface area contributed by atoms with Crippen LogP contribution in [0.4, 0.5) is 11.4 Å². The molecule has 0 bridgehead atoms. The zero-order valence-corrected chi connectivity index (χ0v) is 11.9. The molecule has 106 valence electrons. The van der Waals surface area contributed by atoms with E-state index in [1.165, 1.54) is 12.8 Å². The number of anilines is 2. The number of pyridine rings is 1. The molecule has 19 heavy (non-hydrogen) atoms. The van der Waals surface area contributed by atoms with Gasteiger partial charge in [-0.05, 0) is 44.6 Å². The molecule has 0 unspecified atom stereocenters. The lowest BCUT2D eigenvalue weighted by atomic mass is 9.77. The first-order valence-corrected chi connectivity index (χ1v) is 7.25. The van der Waals surface area contributed by atoms with Crippen molar-refractivity contribution in [2.24, 2.45) is 5.92 Å². The Labute approximate surface area is 115 Å². The Morgan fingerprint density at radius 2 is 2.00 bits per heavy atom. The number of rotatable bonds is 5. The van der Waals surface area contributed by atoms with Crippen LogP contribution in [0, 0.1) is 5.92 Å². The van der Waals surface area contributed by atoms with E-state index < -0.39 is 0 Å². The van der Waals surface area contributed by atoms with Crippen molar-refractivity contribution in [1.82, 2.24) is 4.98 Å². The second kappa shape index (κ2) is 6.24. The first kappa shape index (κ1) is 14.1. The highest BCUT2D eigenvalue weighted by molar-refractivity contribution is 5.55. The first-order valence-electron chi connectivity index (χ1n) is 7.25. The van der Waals surface area contributed by atoms with Crippen molar-refractivity contribution in [2.75, 3.05) is 23.8 Å². The maximum atomic E-state index is 9.76. The molecule has 1 aromatic heterocycles. The van der Waals surface area contributed by atoms with Crippen molar-refractivity contribution in [1.29, 1.82) is 0 Å². The van der Waals surface area contributed by atoms with Crippen molar-refractivity contribution in [3.63, 3.8) is 0 Å². The molecule has 2 rings (SSSR count). The number of aromatic nitrogens is 1. The van der Waals surface area contributed by atoms with Gasteiger partial charge >= 0.3 is 0 Å². The van der Waals surface area contributed by atoms with Crippen LogP contribution in [-0.4, -0.2) is 28.8 Å². The van der Waals surface area contributed by atoms with Gasteiger partial charge in [-0.2, -0.15) is 0 Å². The van der Waals surface area contributed by atoms with Gasteiger partial charge in [-0.25, -0.2) is 0 Å². The van der Waals surface area contributed by atoms with E-state index in [2.05, 4.69) is 35.5 Å². The molecule has 0 radical (unpaired) electrons. The van der Waals surface area contributed by atoms with E-state index >= 15 is 0 Å². The molecule has 3 N–H and O–H groups in total. The Morgan fingerprint density at radius 3 is 2.63 bits per heavy atom. The highest BCUT2D eigenvalue weighted by Crippen LogP contribution is 2.34. The average molecular weight is 263 g/mol. The third-order valence-corrected chi connectivity index (χ3v) is 4.06. The highest BCUT2D eigenvalue weighted by Gasteiger charge is 2.33. The maximum absolute atomic E-state index is 9.76. The quantitative estimate of drug-likeness (QED) is 0.764. The first-order chi connectivity index (χ1) is 9.17. The van der Waals surface area contributed by atoms with Gasteiger partial charge < -0.3 is 15.7 Å². The smallest absolute Gasteiger partial charge is 0.0661 e. The summed E-state index contributed by atoms with van der Waals surface area (Å²) in [5, 5.41) is 16.5. The van der Waals surface area contributed by atoms with E-state index in [-0.39, 0.29) is 12.1 Å². The summed E-state index contributed by atoms with van der Waals surface area (Å²) < 4.78 is 0. The van der Waals surface area contributed by atoms with E-state index in [0.717, 1.165) is 36.7 Å². The summed E-state index contributed by atoms with van der Waals surface area (Å²) in [6.45, 7) is 5.42. The topological polar surface area (TPSA) is 57.2 Å². The van der Waals surface area contributed by atoms with Gasteiger partial charge in [0.15, 0.2) is 0 Å². The van der Waals surface area contributed by atoms with Crippen molar-refractivity contribution in [3.8, 4) is 0 Å². The van der Waals surface area contributed by atoms with Crippen LogP contribution in [0.25, 0.3) is 0 Å². The van der Waals surface area contributed by atoms with Crippen LogP contribution in [0.15, 0.2) is 18.5 Å². The van der Waals surface area contributed by atoms with Gasteiger partial charge in [-0.15, -0.1) is 0 Å². The molecule has 1 heterocycles. The van der Waals surface area contributed by atoms with Crippen molar-refractivity contribution in [2.45, 2.75) is 45.1 Å². The monoisotopic (exact) mass is 263 g/mol. The summed E-state index contributed by atoms with van der Waals surface area (Å²) in [4.78, 5) is 4.24. The predicted molar refractivity (Wildman–Crippen MR) is 79.5 cm³/mol. The molecule has 0 amide bonds. The summed E-state index contributed by atoms with van der Waals surface area (Å²) >= 11 is 0. The van der Waals surface area contributed by atoms with Crippen LogP contribution in [0.1, 0.15) is 39.5 Å². The summed E-state index contributed by atoms with van der Waals surface area (Å²) in [5.74, 6) is 0.771. The Bertz CT molecular complexity index is 400. The normalized spacial score (nSPS) is 27.0. The second-order valence-corrected chi connectivity index (χ2v) is 5.74. The van der Waals surface area contributed by atoms with Crippen molar-refractivity contribution in [3.05, 3.63) is 18.5 Å². The number of hydrogen-bond donors (Lipinski definition) is 3. The standard InChI is InChI=1S/C15H25N3O/c1-3-17-13-8-14(10-16-9-13)18-15(11-19)6-4-12(2)5-7-15/h8-10,12,17-19H,3-7,11H2,1-2H3. The maximum Gasteiger partial charge on any atom is 0.0661 e. The number of hydrogen-bond acceptors (Lipinski definition) is 4. The van der Waals surface area contributed by atoms with Gasteiger partial charge in [0, 0.05) is 6.54 Å². The fourth-order valence-corrected chi connectivity index (χ4v) is 2.75. The van der Waals surface area contributed by atoms with Crippen LogP contribution in [0.5, 0.6) is 0 Å². The molecule has 4 heteroatoms. The summed E-state index contributed by atoms with van der Waals surface area (Å²) in [7, 11) is 0. The minimum absolute atomic E-state index is 0.168. The van der Waals surface area contributed by atoms with Crippen molar-refractivity contribution < 1.29 is 5.11 Å². The number of nitrogens with zero attached hydrogens (tertiary/aromatic N) is 1. The fourth-order valence-electron chi connectivity index (χ4n) is 2.75. The van der Waals surface area contributed by atoms with E-state index in [1.807, 2.05) is 12.4 Å². The third-order valence-electron chi connectivity index (χ3n) is 4.06. The Balaban J connectivity index is 2.07. The van der Waals surface area contributed by atoms with Gasteiger partial charge in [0.05, 0.1) is 35.9 Å². The molecular weight excluding hydrogens is 238 g/mol. The largest absolute Gasteiger partial charge is 0.394 e. The zero-order chi connectivity index (χ0) is 13.7. The van der Waals surface area contributed by atoms with E-state index in [1.54, 1.807) is 0 Å². The van der Waals surface area contributed by atoms with Crippen LogP contribution in [0.3, 0.4) is 0 Å². The Morgan fingerprint density at radius 1 is 1.32 bits per heavy atom. The summed E-state index contributed by atoms with van der Waals surface area (Å²) in [5.41, 5.74) is 1.84. The molecule has 4 nitrogen and oxygen atoms in total. The van der Waals surface area contributed by atoms with Crippen LogP contribution >= 0.6 is 0 Å². The van der Waals surface area contributed by atoms with Gasteiger partial charge in [0.1, 0.15) is 0 Å². The number of aliphatic hydroxyl groups excluding tert-OH is 1. The van der Waals surface area contributed by atoms with E-state index in [0.29, 0.717) is 0 Å². The molecule has 1 aliphatic carbocycles. The highest BCUT2D eigenvalue weighted by atomic mass is 16.3. The predicted octanol–water partition coefficient (Wildman–Crippen LogP) is 2.87. The Hall–Kier alpha value is -1.29. The molecule has 1 saturated carbocycles. The van der Waals surface area contributed by atoms with Gasteiger partial charge in [-0.1, -0.05) is 6.92 Å². The van der Waals surface area contributed by atoms with Crippen LogP contribution in [0.2, 0.25) is 0 Å². The molecule has 0 spiro atoms. The zero-order valence-electron chi connectivity index (χ0n) is 11.9. The van der Waals surface area contributed by atoms with Crippen LogP contribution in [-0.2, 0) is 0 Å². The van der Waals surface area contributed by atoms with Gasteiger partial charge in [0.25, 0.3) is 0 Å². The lowest BCUT2D eigenvalue weighted by molar-refractivity contribution is 0.155. The third kappa shape index (κ3) is 3.60. The molecule has 1 fully saturated rings. The molecular formula is C15H25N3O. The molecule has 1 aliphatic rings. The Kier molecular flexibility index (Phi) is 4.64. The lowest BCUT2D eigenvalue weighted by Crippen LogP contribution is -2.45. The van der Waals surface area contributed by atoms with E-state index in [4.69, 9.17) is 0 Å². The average Bonchev–Trinajstić information content (AvgIpc) is 2.43. The summed E-state index contributed by atoms with van der Waals surface area (Å²) in [6.07, 6.45) is 8.05. The number of aliphatic hydroxyl groups is 1. The van der Waals surface area contributed by atoms with Gasteiger partial charge in [0.2, 0.25) is 0 Å². The van der Waals surface area contributed by atoms with Crippen LogP contribution < -0.4 is 10.6 Å². The SMILES string of the molecule is CCNc1cncc(NC2(CO)CCC(C)CC2)c1. The minimum atomic E-state index is -0.168. The molecule has 0 aliphatic heterocycles. The fraction of sp³-hybridized carbons (Fsp3) is 0.667. The van der Waals surface area contributed by atoms with Gasteiger partial charge in [-0.3, -0.25) is 4.98 Å². The van der Waals surface area contributed by atoms with E-state index in [9.17, 15) is 5.11 Å².